The molecular formula is C11H13N7O2S. The molecule has 0 saturated carbocycles. The number of hydrogen-bond donors (Lipinski definition) is 2. The molecule has 3 rings (SSSR count). The zero-order valence-electron chi connectivity index (χ0n) is 11.1. The van der Waals surface area contributed by atoms with E-state index in [9.17, 15) is 8.42 Å². The average molecular weight is 307 g/mol. The Balaban J connectivity index is 2.06. The van der Waals surface area contributed by atoms with Gasteiger partial charge < -0.3 is 5.73 Å². The highest BCUT2D eigenvalue weighted by atomic mass is 32.2. The van der Waals surface area contributed by atoms with Crippen molar-refractivity contribution in [2.45, 2.75) is 11.6 Å². The molecule has 0 aliphatic rings. The van der Waals surface area contributed by atoms with Gasteiger partial charge in [0.2, 0.25) is 0 Å². The molecule has 21 heavy (non-hydrogen) atoms. The van der Waals surface area contributed by atoms with Gasteiger partial charge in [0.05, 0.1) is 6.54 Å². The van der Waals surface area contributed by atoms with Crippen LogP contribution in [-0.4, -0.2) is 44.3 Å². The molecule has 0 saturated heterocycles. The number of aromatic nitrogens is 5. The summed E-state index contributed by atoms with van der Waals surface area (Å²) in [4.78, 5) is 7.97. The predicted molar refractivity (Wildman–Crippen MR) is 74.6 cm³/mol. The van der Waals surface area contributed by atoms with Crippen molar-refractivity contribution in [1.82, 2.24) is 28.9 Å². The molecule has 0 radical (unpaired) electrons. The summed E-state index contributed by atoms with van der Waals surface area (Å²) in [5.41, 5.74) is 6.25. The van der Waals surface area contributed by atoms with Crippen molar-refractivity contribution >= 4 is 21.5 Å². The van der Waals surface area contributed by atoms with Crippen LogP contribution < -0.4 is 5.73 Å². The molecule has 0 aliphatic carbocycles. The van der Waals surface area contributed by atoms with Crippen molar-refractivity contribution in [3.8, 4) is 0 Å². The largest absolute Gasteiger partial charge is 0.381 e. The Kier molecular flexibility index (Phi) is 3.11. The molecule has 9 nitrogen and oxygen atoms in total. The summed E-state index contributed by atoms with van der Waals surface area (Å²) in [6, 6.07) is 5.16. The van der Waals surface area contributed by atoms with Crippen LogP contribution in [0.3, 0.4) is 0 Å². The van der Waals surface area contributed by atoms with Gasteiger partial charge in [-0.05, 0) is 12.1 Å². The van der Waals surface area contributed by atoms with Crippen LogP contribution in [0.1, 0.15) is 5.82 Å². The molecule has 0 fully saturated rings. The number of nitrogen functional groups attached to an aromatic ring is 1. The van der Waals surface area contributed by atoms with E-state index in [0.717, 1.165) is 4.31 Å². The predicted octanol–water partition coefficient (Wildman–Crippen LogP) is -0.145. The first-order chi connectivity index (χ1) is 10.00. The van der Waals surface area contributed by atoms with Gasteiger partial charge in [-0.2, -0.15) is 9.40 Å². The zero-order chi connectivity index (χ0) is 15.0. The summed E-state index contributed by atoms with van der Waals surface area (Å²) >= 11 is 0. The monoisotopic (exact) mass is 307 g/mol. The number of H-pyrrole nitrogens is 1. The summed E-state index contributed by atoms with van der Waals surface area (Å²) in [5, 5.41) is 6.25. The number of pyridine rings is 1. The van der Waals surface area contributed by atoms with Crippen LogP contribution in [0.4, 0.5) is 5.82 Å². The maximum absolute atomic E-state index is 12.7. The third kappa shape index (κ3) is 2.23. The number of aromatic amines is 1. The molecule has 3 aromatic heterocycles. The molecule has 0 bridgehead atoms. The summed E-state index contributed by atoms with van der Waals surface area (Å²) < 4.78 is 27.9. The Labute approximate surface area is 120 Å². The van der Waals surface area contributed by atoms with Gasteiger partial charge in [0.15, 0.2) is 10.8 Å². The lowest BCUT2D eigenvalue weighted by molar-refractivity contribution is 0.454. The number of nitrogens with two attached hydrogens (primary N) is 1. The molecule has 3 aromatic rings. The molecule has 0 spiro atoms. The second kappa shape index (κ2) is 4.82. The van der Waals surface area contributed by atoms with Crippen LogP contribution in [0.2, 0.25) is 0 Å². The van der Waals surface area contributed by atoms with E-state index in [1.165, 1.54) is 17.8 Å². The second-order valence-corrected chi connectivity index (χ2v) is 6.38. The highest BCUT2D eigenvalue weighted by molar-refractivity contribution is 7.89. The van der Waals surface area contributed by atoms with Crippen LogP contribution >= 0.6 is 0 Å². The van der Waals surface area contributed by atoms with E-state index < -0.39 is 10.0 Å². The van der Waals surface area contributed by atoms with Gasteiger partial charge >= 0.3 is 0 Å². The summed E-state index contributed by atoms with van der Waals surface area (Å²) in [5.74, 6) is 0.402. The molecule has 0 unspecified atom stereocenters. The van der Waals surface area contributed by atoms with Crippen molar-refractivity contribution < 1.29 is 8.42 Å². The third-order valence-electron chi connectivity index (χ3n) is 3.00. The summed E-state index contributed by atoms with van der Waals surface area (Å²) in [6.45, 7) is 0.0574. The lowest BCUT2D eigenvalue weighted by Crippen LogP contribution is -2.28. The number of fused-ring (bicyclic) bond motifs is 1. The molecule has 10 heteroatoms. The summed E-state index contributed by atoms with van der Waals surface area (Å²) in [7, 11) is -2.36. The molecule has 0 aromatic carbocycles. The highest BCUT2D eigenvalue weighted by Crippen LogP contribution is 2.23. The standard InChI is InChI=1S/C11H13N7O2S/c1-17(6-8-13-7-14-16-8)21(19,20)11-10(12)15-9-4-2-3-5-18(9)11/h2-5,7H,6,12H2,1H3,(H,13,14,16). The van der Waals surface area contributed by atoms with Crippen molar-refractivity contribution in [3.63, 3.8) is 0 Å². The molecule has 0 atom stereocenters. The quantitative estimate of drug-likeness (QED) is 0.691. The Morgan fingerprint density at radius 3 is 2.95 bits per heavy atom. The lowest BCUT2D eigenvalue weighted by Gasteiger charge is -2.15. The van der Waals surface area contributed by atoms with E-state index in [1.54, 1.807) is 24.4 Å². The Morgan fingerprint density at radius 1 is 1.43 bits per heavy atom. The molecule has 3 heterocycles. The van der Waals surface area contributed by atoms with Gasteiger partial charge in [-0.25, -0.2) is 18.4 Å². The zero-order valence-corrected chi connectivity index (χ0v) is 11.9. The first-order valence-corrected chi connectivity index (χ1v) is 7.47. The average Bonchev–Trinajstić information content (AvgIpc) is 3.04. The molecule has 0 amide bonds. The number of hydrogen-bond acceptors (Lipinski definition) is 6. The number of sulfonamides is 1. The van der Waals surface area contributed by atoms with E-state index in [1.807, 2.05) is 0 Å². The Bertz CT molecular complexity index is 869. The summed E-state index contributed by atoms with van der Waals surface area (Å²) in [6.07, 6.45) is 2.92. The van der Waals surface area contributed by atoms with Crippen LogP contribution in [0.5, 0.6) is 0 Å². The number of anilines is 1. The first kappa shape index (κ1) is 13.5. The molecule has 110 valence electrons. The van der Waals surface area contributed by atoms with Crippen molar-refractivity contribution in [3.05, 3.63) is 36.5 Å². The fourth-order valence-corrected chi connectivity index (χ4v) is 3.30. The maximum Gasteiger partial charge on any atom is 0.263 e. The van der Waals surface area contributed by atoms with Gasteiger partial charge in [-0.3, -0.25) is 9.50 Å². The molecular weight excluding hydrogens is 294 g/mol. The van der Waals surface area contributed by atoms with Crippen molar-refractivity contribution in [2.75, 3.05) is 12.8 Å². The van der Waals surface area contributed by atoms with Crippen LogP contribution in [0.25, 0.3) is 5.65 Å². The highest BCUT2D eigenvalue weighted by Gasteiger charge is 2.28. The van der Waals surface area contributed by atoms with Gasteiger partial charge in [0.25, 0.3) is 10.0 Å². The van der Waals surface area contributed by atoms with E-state index in [4.69, 9.17) is 5.73 Å². The smallest absolute Gasteiger partial charge is 0.263 e. The SMILES string of the molecule is CN(Cc1ncn[nH]1)S(=O)(=O)c1c(N)nc2ccccn12. The minimum atomic E-state index is -3.81. The first-order valence-electron chi connectivity index (χ1n) is 6.03. The van der Waals surface area contributed by atoms with Crippen LogP contribution in [-0.2, 0) is 16.6 Å². The van der Waals surface area contributed by atoms with Gasteiger partial charge in [0.1, 0.15) is 17.8 Å². The van der Waals surface area contributed by atoms with E-state index in [0.29, 0.717) is 11.5 Å². The Hall–Kier alpha value is -2.46. The lowest BCUT2D eigenvalue weighted by atomic mass is 10.5. The number of nitrogens with zero attached hydrogens (tertiary/aromatic N) is 5. The second-order valence-electron chi connectivity index (χ2n) is 4.42. The van der Waals surface area contributed by atoms with Crippen LogP contribution in [0.15, 0.2) is 35.7 Å². The minimum absolute atomic E-state index is 0.0365. The van der Waals surface area contributed by atoms with Gasteiger partial charge in [-0.1, -0.05) is 6.07 Å². The molecule has 0 aliphatic heterocycles. The Morgan fingerprint density at radius 2 is 2.24 bits per heavy atom. The maximum atomic E-state index is 12.7. The van der Waals surface area contributed by atoms with E-state index >= 15 is 0 Å². The number of imidazole rings is 1. The molecule has 3 N–H and O–H groups in total. The minimum Gasteiger partial charge on any atom is -0.381 e. The van der Waals surface area contributed by atoms with Gasteiger partial charge in [0, 0.05) is 13.2 Å². The van der Waals surface area contributed by atoms with Crippen LogP contribution in [0, 0.1) is 0 Å². The third-order valence-corrected chi connectivity index (χ3v) is 4.85. The number of rotatable bonds is 4. The van der Waals surface area contributed by atoms with E-state index in [-0.39, 0.29) is 17.4 Å². The van der Waals surface area contributed by atoms with Crippen molar-refractivity contribution in [2.24, 2.45) is 0 Å². The fourth-order valence-electron chi connectivity index (χ4n) is 2.00. The number of nitrogens with one attached hydrogen (secondary N) is 1. The topological polar surface area (TPSA) is 122 Å². The van der Waals surface area contributed by atoms with Gasteiger partial charge in [-0.15, -0.1) is 0 Å². The fraction of sp³-hybridized carbons (Fsp3) is 0.182. The van der Waals surface area contributed by atoms with Crippen molar-refractivity contribution in [1.29, 1.82) is 0 Å². The normalized spacial score (nSPS) is 12.3. The van der Waals surface area contributed by atoms with E-state index in [2.05, 4.69) is 20.2 Å².